The van der Waals surface area contributed by atoms with E-state index < -0.39 is 28.5 Å². The Morgan fingerprint density at radius 3 is 2.13 bits per heavy atom. The summed E-state index contributed by atoms with van der Waals surface area (Å²) in [4.78, 5) is 30.4. The van der Waals surface area contributed by atoms with Crippen molar-refractivity contribution in [2.75, 3.05) is 18.0 Å². The highest BCUT2D eigenvalue weighted by molar-refractivity contribution is 9.10. The summed E-state index contributed by atoms with van der Waals surface area (Å²) in [5.74, 6) is -0.224. The number of hydrogen-bond donors (Lipinski definition) is 1. The number of ether oxygens (including phenoxy) is 1. The molecule has 47 heavy (non-hydrogen) atoms. The van der Waals surface area contributed by atoms with E-state index in [4.69, 9.17) is 4.74 Å². The normalized spacial score (nSPS) is 14.2. The van der Waals surface area contributed by atoms with Gasteiger partial charge in [0, 0.05) is 23.5 Å². The Labute approximate surface area is 285 Å². The highest BCUT2D eigenvalue weighted by Crippen LogP contribution is 2.27. The van der Waals surface area contributed by atoms with Crippen molar-refractivity contribution in [1.29, 1.82) is 0 Å². The lowest BCUT2D eigenvalue weighted by Crippen LogP contribution is -2.55. The van der Waals surface area contributed by atoms with E-state index in [2.05, 4.69) is 21.2 Å². The first-order valence-corrected chi connectivity index (χ1v) is 18.1. The second kappa shape index (κ2) is 16.1. The third-order valence-corrected chi connectivity index (χ3v) is 10.7. The maximum Gasteiger partial charge on any atom is 0.264 e. The van der Waals surface area contributed by atoms with Gasteiger partial charge in [0.05, 0.1) is 17.7 Å². The van der Waals surface area contributed by atoms with Crippen LogP contribution < -0.4 is 14.4 Å². The molecule has 0 aliphatic heterocycles. The molecule has 0 aromatic heterocycles. The minimum Gasteiger partial charge on any atom is -0.497 e. The van der Waals surface area contributed by atoms with Crippen molar-refractivity contribution in [3.05, 3.63) is 125 Å². The number of para-hydroxylation sites is 1. The summed E-state index contributed by atoms with van der Waals surface area (Å²) in [6.07, 6.45) is 5.30. The van der Waals surface area contributed by atoms with Crippen LogP contribution in [0.25, 0.3) is 0 Å². The first kappa shape index (κ1) is 34.2. The maximum atomic E-state index is 14.6. The van der Waals surface area contributed by atoms with Gasteiger partial charge in [0.15, 0.2) is 0 Å². The standard InChI is InChI=1S/C37H40BrN3O5S/c1-46-33-20-22-34(23-21-33)47(44,45)41(32-18-9-4-10-19-32)27-36(42)40(26-29-14-11-15-30(38)24-29)35(25-28-12-5-2-6-13-28)37(43)39-31-16-7-3-8-17-31/h2,4-6,9-15,18-24,31,35H,3,7-8,16-17,25-27H2,1H3,(H,39,43). The van der Waals surface area contributed by atoms with Gasteiger partial charge in [-0.15, -0.1) is 0 Å². The number of rotatable bonds is 13. The smallest absolute Gasteiger partial charge is 0.264 e. The Morgan fingerprint density at radius 1 is 0.851 bits per heavy atom. The van der Waals surface area contributed by atoms with Gasteiger partial charge < -0.3 is 15.0 Å². The number of amides is 2. The van der Waals surface area contributed by atoms with Crippen molar-refractivity contribution < 1.29 is 22.7 Å². The summed E-state index contributed by atoms with van der Waals surface area (Å²) in [7, 11) is -2.68. The first-order chi connectivity index (χ1) is 22.7. The van der Waals surface area contributed by atoms with Gasteiger partial charge in [-0.1, -0.05) is 95.9 Å². The van der Waals surface area contributed by atoms with Crippen molar-refractivity contribution >= 4 is 43.5 Å². The van der Waals surface area contributed by atoms with Crippen LogP contribution in [0.2, 0.25) is 0 Å². The molecule has 1 aliphatic rings. The van der Waals surface area contributed by atoms with E-state index in [-0.39, 0.29) is 29.8 Å². The SMILES string of the molecule is COc1ccc(S(=O)(=O)N(CC(=O)N(Cc2cccc(Br)c2)C(Cc2ccccc2)C(=O)NC2CCCCC2)c2ccccc2)cc1. The van der Waals surface area contributed by atoms with Gasteiger partial charge in [0.2, 0.25) is 11.8 Å². The number of nitrogens with zero attached hydrogens (tertiary/aromatic N) is 2. The van der Waals surface area contributed by atoms with Crippen molar-refractivity contribution in [3.8, 4) is 5.75 Å². The van der Waals surface area contributed by atoms with Gasteiger partial charge in [-0.3, -0.25) is 13.9 Å². The van der Waals surface area contributed by atoms with E-state index in [0.717, 1.165) is 52.0 Å². The molecule has 4 aromatic carbocycles. The summed E-state index contributed by atoms with van der Waals surface area (Å²) in [5, 5.41) is 3.24. The van der Waals surface area contributed by atoms with E-state index in [1.54, 1.807) is 42.5 Å². The summed E-state index contributed by atoms with van der Waals surface area (Å²) in [6, 6.07) is 30.9. The number of benzene rings is 4. The van der Waals surface area contributed by atoms with E-state index in [9.17, 15) is 18.0 Å². The number of hydrogen-bond acceptors (Lipinski definition) is 5. The predicted molar refractivity (Wildman–Crippen MR) is 188 cm³/mol. The Bertz CT molecular complexity index is 1730. The molecule has 1 aliphatic carbocycles. The molecule has 1 fully saturated rings. The zero-order valence-corrected chi connectivity index (χ0v) is 28.8. The molecule has 1 unspecified atom stereocenters. The molecule has 8 nitrogen and oxygen atoms in total. The van der Waals surface area contributed by atoms with Crippen LogP contribution in [0.15, 0.2) is 119 Å². The van der Waals surface area contributed by atoms with Crippen LogP contribution in [0, 0.1) is 0 Å². The molecular formula is C37H40BrN3O5S. The second-order valence-electron chi connectivity index (χ2n) is 11.7. The van der Waals surface area contributed by atoms with E-state index in [0.29, 0.717) is 11.4 Å². The fourth-order valence-electron chi connectivity index (χ4n) is 5.93. The zero-order valence-electron chi connectivity index (χ0n) is 26.4. The predicted octanol–water partition coefficient (Wildman–Crippen LogP) is 6.74. The second-order valence-corrected chi connectivity index (χ2v) is 14.5. The van der Waals surface area contributed by atoms with Gasteiger partial charge >= 0.3 is 0 Å². The monoisotopic (exact) mass is 717 g/mol. The molecule has 1 atom stereocenters. The number of methoxy groups -OCH3 is 1. The molecule has 0 bridgehead atoms. The Kier molecular flexibility index (Phi) is 11.7. The van der Waals surface area contributed by atoms with Crippen molar-refractivity contribution in [2.45, 2.75) is 62.0 Å². The van der Waals surface area contributed by atoms with Gasteiger partial charge in [0.25, 0.3) is 10.0 Å². The molecule has 0 heterocycles. The van der Waals surface area contributed by atoms with Crippen molar-refractivity contribution in [1.82, 2.24) is 10.2 Å². The molecule has 246 valence electrons. The van der Waals surface area contributed by atoms with Crippen molar-refractivity contribution in [2.24, 2.45) is 0 Å². The fraction of sp³-hybridized carbons (Fsp3) is 0.297. The number of sulfonamides is 1. The van der Waals surface area contributed by atoms with Crippen LogP contribution in [0.1, 0.15) is 43.2 Å². The molecule has 5 rings (SSSR count). The van der Waals surface area contributed by atoms with Crippen molar-refractivity contribution in [3.63, 3.8) is 0 Å². The van der Waals surface area contributed by atoms with Crippen LogP contribution >= 0.6 is 15.9 Å². The third kappa shape index (κ3) is 9.02. The topological polar surface area (TPSA) is 96.0 Å². The Hall–Kier alpha value is -4.15. The van der Waals surface area contributed by atoms with E-state index in [1.165, 1.54) is 24.1 Å². The number of nitrogens with one attached hydrogen (secondary N) is 1. The minimum absolute atomic E-state index is 0.0179. The lowest BCUT2D eigenvalue weighted by Gasteiger charge is -2.35. The molecule has 1 saturated carbocycles. The van der Waals surface area contributed by atoms with Gasteiger partial charge in [-0.05, 0) is 72.5 Å². The zero-order chi connectivity index (χ0) is 33.2. The molecule has 4 aromatic rings. The minimum atomic E-state index is -4.19. The van der Waals surface area contributed by atoms with E-state index >= 15 is 0 Å². The average molecular weight is 719 g/mol. The molecule has 1 N–H and O–H groups in total. The molecule has 2 amide bonds. The highest BCUT2D eigenvalue weighted by atomic mass is 79.9. The summed E-state index contributed by atoms with van der Waals surface area (Å²) >= 11 is 3.53. The molecule has 0 radical (unpaired) electrons. The molecule has 0 saturated heterocycles. The average Bonchev–Trinajstić information content (AvgIpc) is 3.10. The molecule has 0 spiro atoms. The summed E-state index contributed by atoms with van der Waals surface area (Å²) in [6.45, 7) is -0.395. The number of carbonyl (C=O) groups excluding carboxylic acids is 2. The van der Waals surface area contributed by atoms with E-state index in [1.807, 2.05) is 54.6 Å². The van der Waals surface area contributed by atoms with Gasteiger partial charge in [0.1, 0.15) is 18.3 Å². The fourth-order valence-corrected chi connectivity index (χ4v) is 7.79. The van der Waals surface area contributed by atoms with Crippen LogP contribution in [0.5, 0.6) is 5.75 Å². The molecule has 10 heteroatoms. The Morgan fingerprint density at radius 2 is 1.49 bits per heavy atom. The summed E-state index contributed by atoms with van der Waals surface area (Å²) in [5.41, 5.74) is 2.04. The lowest BCUT2D eigenvalue weighted by atomic mass is 9.94. The van der Waals surface area contributed by atoms with Crippen LogP contribution in [0.4, 0.5) is 5.69 Å². The van der Waals surface area contributed by atoms with Crippen LogP contribution in [-0.2, 0) is 32.6 Å². The van der Waals surface area contributed by atoms with Gasteiger partial charge in [-0.25, -0.2) is 8.42 Å². The number of carbonyl (C=O) groups is 2. The van der Waals surface area contributed by atoms with Crippen LogP contribution in [0.3, 0.4) is 0 Å². The van der Waals surface area contributed by atoms with Gasteiger partial charge in [-0.2, -0.15) is 0 Å². The quantitative estimate of drug-likeness (QED) is 0.165. The maximum absolute atomic E-state index is 14.6. The largest absolute Gasteiger partial charge is 0.497 e. The number of anilines is 1. The first-order valence-electron chi connectivity index (χ1n) is 15.8. The summed E-state index contributed by atoms with van der Waals surface area (Å²) < 4.78 is 35.5. The van der Waals surface area contributed by atoms with Crippen LogP contribution in [-0.4, -0.2) is 50.9 Å². The Balaban J connectivity index is 1.54. The molecular weight excluding hydrogens is 678 g/mol. The highest BCUT2D eigenvalue weighted by Gasteiger charge is 2.35. The lowest BCUT2D eigenvalue weighted by molar-refractivity contribution is -0.140. The number of halogens is 1. The third-order valence-electron chi connectivity index (χ3n) is 8.44.